The highest BCUT2D eigenvalue weighted by Gasteiger charge is 2.14. The summed E-state index contributed by atoms with van der Waals surface area (Å²) in [4.78, 5) is 0. The number of rotatable bonds is 3. The van der Waals surface area contributed by atoms with Gasteiger partial charge in [-0.15, -0.1) is 0 Å². The molecule has 0 bridgehead atoms. The van der Waals surface area contributed by atoms with Crippen molar-refractivity contribution in [2.45, 2.75) is 19.9 Å². The summed E-state index contributed by atoms with van der Waals surface area (Å²) >= 11 is 0. The Morgan fingerprint density at radius 1 is 0.800 bits per heavy atom. The predicted octanol–water partition coefficient (Wildman–Crippen LogP) is 4.82. The topological polar surface area (TPSA) is 21.3 Å². The second-order valence-corrected chi connectivity index (χ2v) is 5.30. The van der Waals surface area contributed by atoms with Crippen molar-refractivity contribution in [3.8, 4) is 5.75 Å². The molecule has 0 aliphatic heterocycles. The third-order valence-electron chi connectivity index (χ3n) is 3.52. The van der Waals surface area contributed by atoms with Gasteiger partial charge in [0.05, 0.1) is 12.8 Å². The fraction of sp³-hybridized carbons (Fsp3) is 0.222. The Hall–Kier alpha value is -2.22. The first kappa shape index (κ1) is 12.8. The molecule has 0 aromatic heterocycles. The predicted molar refractivity (Wildman–Crippen MR) is 86.8 cm³/mol. The average molecular weight is 265 g/mol. The molecule has 0 aliphatic carbocycles. The highest BCUT2D eigenvalue weighted by Crippen LogP contribution is 2.41. The fourth-order valence-electron chi connectivity index (χ4n) is 2.75. The Kier molecular flexibility index (Phi) is 3.23. The minimum atomic E-state index is 0.355. The van der Waals surface area contributed by atoms with Gasteiger partial charge in [-0.3, -0.25) is 0 Å². The van der Waals surface area contributed by atoms with E-state index in [-0.39, 0.29) is 0 Å². The van der Waals surface area contributed by atoms with E-state index in [2.05, 4.69) is 67.7 Å². The molecular formula is C18H19NO. The molecule has 2 heteroatoms. The smallest absolute Gasteiger partial charge is 0.150 e. The second kappa shape index (κ2) is 5.04. The molecule has 3 aromatic rings. The molecule has 0 unspecified atom stereocenters. The van der Waals surface area contributed by atoms with Crippen molar-refractivity contribution >= 4 is 27.2 Å². The molecule has 3 aromatic carbocycles. The Morgan fingerprint density at radius 2 is 1.30 bits per heavy atom. The van der Waals surface area contributed by atoms with E-state index in [1.54, 1.807) is 7.11 Å². The number of benzene rings is 3. The second-order valence-electron chi connectivity index (χ2n) is 5.30. The van der Waals surface area contributed by atoms with Crippen molar-refractivity contribution in [3.63, 3.8) is 0 Å². The van der Waals surface area contributed by atoms with Crippen molar-refractivity contribution in [3.05, 3.63) is 48.5 Å². The van der Waals surface area contributed by atoms with Crippen LogP contribution in [-0.2, 0) is 0 Å². The molecule has 0 atom stereocenters. The minimum Gasteiger partial charge on any atom is -0.494 e. The van der Waals surface area contributed by atoms with Gasteiger partial charge < -0.3 is 10.1 Å². The van der Waals surface area contributed by atoms with E-state index in [0.717, 1.165) is 16.8 Å². The molecule has 20 heavy (non-hydrogen) atoms. The molecule has 0 saturated carbocycles. The van der Waals surface area contributed by atoms with E-state index in [1.165, 1.54) is 16.2 Å². The zero-order valence-electron chi connectivity index (χ0n) is 12.1. The summed E-state index contributed by atoms with van der Waals surface area (Å²) < 4.78 is 5.71. The molecule has 3 rings (SSSR count). The van der Waals surface area contributed by atoms with E-state index in [0.29, 0.717) is 6.04 Å². The van der Waals surface area contributed by atoms with Crippen LogP contribution in [0.15, 0.2) is 48.5 Å². The third-order valence-corrected chi connectivity index (χ3v) is 3.52. The third kappa shape index (κ3) is 1.97. The van der Waals surface area contributed by atoms with Crippen molar-refractivity contribution < 1.29 is 4.74 Å². The van der Waals surface area contributed by atoms with E-state index in [9.17, 15) is 0 Å². The van der Waals surface area contributed by atoms with Gasteiger partial charge in [-0.05, 0) is 24.6 Å². The number of hydrogen-bond donors (Lipinski definition) is 1. The van der Waals surface area contributed by atoms with Crippen molar-refractivity contribution in [2.75, 3.05) is 12.4 Å². The first-order valence-corrected chi connectivity index (χ1v) is 6.96. The van der Waals surface area contributed by atoms with Gasteiger partial charge in [-0.2, -0.15) is 0 Å². The van der Waals surface area contributed by atoms with Crippen LogP contribution in [0, 0.1) is 0 Å². The van der Waals surface area contributed by atoms with Crippen LogP contribution < -0.4 is 10.1 Å². The lowest BCUT2D eigenvalue weighted by molar-refractivity contribution is 0.421. The van der Waals surface area contributed by atoms with Gasteiger partial charge in [-0.25, -0.2) is 0 Å². The summed E-state index contributed by atoms with van der Waals surface area (Å²) in [6.45, 7) is 4.28. The Balaban J connectivity index is 2.48. The van der Waals surface area contributed by atoms with Crippen molar-refractivity contribution in [2.24, 2.45) is 0 Å². The first-order chi connectivity index (χ1) is 9.72. The summed E-state index contributed by atoms with van der Waals surface area (Å²) in [5.74, 6) is 0.924. The first-order valence-electron chi connectivity index (χ1n) is 6.96. The summed E-state index contributed by atoms with van der Waals surface area (Å²) in [5.41, 5.74) is 1.08. The van der Waals surface area contributed by atoms with Crippen LogP contribution in [0.2, 0.25) is 0 Å². The van der Waals surface area contributed by atoms with Crippen LogP contribution in [0.25, 0.3) is 21.5 Å². The molecule has 0 spiro atoms. The highest BCUT2D eigenvalue weighted by molar-refractivity contribution is 6.16. The molecule has 102 valence electrons. The normalized spacial score (nSPS) is 11.2. The van der Waals surface area contributed by atoms with Crippen LogP contribution >= 0.6 is 0 Å². The summed E-state index contributed by atoms with van der Waals surface area (Å²) in [6, 6.07) is 17.2. The van der Waals surface area contributed by atoms with Crippen molar-refractivity contribution in [1.29, 1.82) is 0 Å². The quantitative estimate of drug-likeness (QED) is 0.685. The van der Waals surface area contributed by atoms with Crippen molar-refractivity contribution in [1.82, 2.24) is 0 Å². The minimum absolute atomic E-state index is 0.355. The van der Waals surface area contributed by atoms with Crippen LogP contribution in [0.4, 0.5) is 5.69 Å². The number of ether oxygens (including phenoxy) is 1. The lowest BCUT2D eigenvalue weighted by Gasteiger charge is -2.19. The molecule has 0 amide bonds. The molecule has 0 fully saturated rings. The van der Waals surface area contributed by atoms with E-state index in [4.69, 9.17) is 4.74 Å². The zero-order chi connectivity index (χ0) is 14.1. The van der Waals surface area contributed by atoms with Gasteiger partial charge in [-0.1, -0.05) is 48.5 Å². The summed E-state index contributed by atoms with van der Waals surface area (Å²) in [6.07, 6.45) is 0. The lowest BCUT2D eigenvalue weighted by Crippen LogP contribution is -2.11. The molecule has 0 aliphatic rings. The average Bonchev–Trinajstić information content (AvgIpc) is 2.47. The van der Waals surface area contributed by atoms with Gasteiger partial charge in [0.1, 0.15) is 5.75 Å². The lowest BCUT2D eigenvalue weighted by atomic mass is 9.99. The molecule has 1 N–H and O–H groups in total. The molecule has 0 saturated heterocycles. The van der Waals surface area contributed by atoms with E-state index < -0.39 is 0 Å². The van der Waals surface area contributed by atoms with Crippen LogP contribution in [0.5, 0.6) is 5.75 Å². The molecule has 0 heterocycles. The molecule has 2 nitrogen and oxygen atoms in total. The number of methoxy groups -OCH3 is 1. The van der Waals surface area contributed by atoms with Crippen LogP contribution in [0.1, 0.15) is 13.8 Å². The van der Waals surface area contributed by atoms with Gasteiger partial charge in [0, 0.05) is 16.8 Å². The maximum Gasteiger partial charge on any atom is 0.150 e. The zero-order valence-corrected chi connectivity index (χ0v) is 12.1. The maximum absolute atomic E-state index is 5.71. The maximum atomic E-state index is 5.71. The monoisotopic (exact) mass is 265 g/mol. The fourth-order valence-corrected chi connectivity index (χ4v) is 2.75. The van der Waals surface area contributed by atoms with E-state index >= 15 is 0 Å². The van der Waals surface area contributed by atoms with E-state index in [1.807, 2.05) is 0 Å². The van der Waals surface area contributed by atoms with Gasteiger partial charge >= 0.3 is 0 Å². The standard InChI is InChI=1S/C18H19NO/c1-12(2)19-17-15-10-6-4-8-13(15)14-9-5-7-11-16(14)18(17)20-3/h4-12,19H,1-3H3. The Labute approximate surface area is 119 Å². The number of hydrogen-bond acceptors (Lipinski definition) is 2. The SMILES string of the molecule is COc1c(NC(C)C)c2ccccc2c2ccccc12. The Morgan fingerprint density at radius 3 is 1.85 bits per heavy atom. The van der Waals surface area contributed by atoms with Crippen LogP contribution in [-0.4, -0.2) is 13.2 Å². The molecule has 0 radical (unpaired) electrons. The van der Waals surface area contributed by atoms with Gasteiger partial charge in [0.2, 0.25) is 0 Å². The summed E-state index contributed by atoms with van der Waals surface area (Å²) in [5, 5.41) is 8.38. The van der Waals surface area contributed by atoms with Gasteiger partial charge in [0.15, 0.2) is 0 Å². The number of nitrogens with one attached hydrogen (secondary N) is 1. The van der Waals surface area contributed by atoms with Gasteiger partial charge in [0.25, 0.3) is 0 Å². The largest absolute Gasteiger partial charge is 0.494 e. The molecular weight excluding hydrogens is 246 g/mol. The summed E-state index contributed by atoms with van der Waals surface area (Å²) in [7, 11) is 1.74. The number of anilines is 1. The Bertz CT molecular complexity index is 762. The highest BCUT2D eigenvalue weighted by atomic mass is 16.5. The number of fused-ring (bicyclic) bond motifs is 3. The van der Waals surface area contributed by atoms with Crippen LogP contribution in [0.3, 0.4) is 0 Å².